The van der Waals surface area contributed by atoms with Crippen molar-refractivity contribution in [3.8, 4) is 0 Å². The first-order chi connectivity index (χ1) is 13.7. The standard InChI is InChI=1S/C20H24N4O3S2/c1-12(2)14-8-10-15(11-9-14)21-20(25)18(13(3)4)24-29(26,27)17-7-5-6-16-19(17)23-28-22-16/h5-13,18,24H,1-4H3,(H,21,25)/t18-/m0/s1. The highest BCUT2D eigenvalue weighted by Crippen LogP contribution is 2.22. The van der Waals surface area contributed by atoms with Crippen molar-refractivity contribution in [1.82, 2.24) is 13.5 Å². The summed E-state index contributed by atoms with van der Waals surface area (Å²) >= 11 is 0.948. The van der Waals surface area contributed by atoms with Crippen molar-refractivity contribution in [2.24, 2.45) is 5.92 Å². The second kappa shape index (κ2) is 8.56. The molecule has 3 aromatic rings. The normalized spacial score (nSPS) is 13.2. The summed E-state index contributed by atoms with van der Waals surface area (Å²) in [6.45, 7) is 7.77. The molecule has 0 fully saturated rings. The maximum absolute atomic E-state index is 13.0. The van der Waals surface area contributed by atoms with Gasteiger partial charge in [-0.25, -0.2) is 8.42 Å². The van der Waals surface area contributed by atoms with E-state index in [4.69, 9.17) is 0 Å². The lowest BCUT2D eigenvalue weighted by molar-refractivity contribution is -0.118. The number of carbonyl (C=O) groups excluding carboxylic acids is 1. The van der Waals surface area contributed by atoms with Gasteiger partial charge in [-0.3, -0.25) is 4.79 Å². The second-order valence-corrected chi connectivity index (χ2v) is 9.71. The van der Waals surface area contributed by atoms with Crippen molar-refractivity contribution >= 4 is 44.4 Å². The molecule has 0 bridgehead atoms. The molecule has 154 valence electrons. The van der Waals surface area contributed by atoms with E-state index in [0.29, 0.717) is 22.6 Å². The predicted molar refractivity (Wildman–Crippen MR) is 116 cm³/mol. The molecule has 1 aromatic heterocycles. The van der Waals surface area contributed by atoms with Crippen molar-refractivity contribution in [2.75, 3.05) is 5.32 Å². The zero-order chi connectivity index (χ0) is 21.2. The smallest absolute Gasteiger partial charge is 0.243 e. The second-order valence-electron chi connectivity index (χ2n) is 7.50. The van der Waals surface area contributed by atoms with Gasteiger partial charge in [0.15, 0.2) is 0 Å². The van der Waals surface area contributed by atoms with Gasteiger partial charge < -0.3 is 5.32 Å². The Balaban J connectivity index is 1.82. The molecule has 0 spiro atoms. The number of hydrogen-bond acceptors (Lipinski definition) is 6. The number of sulfonamides is 1. The number of rotatable bonds is 7. The van der Waals surface area contributed by atoms with E-state index in [2.05, 4.69) is 32.6 Å². The zero-order valence-corrected chi connectivity index (χ0v) is 18.3. The average Bonchev–Trinajstić information content (AvgIpc) is 3.15. The number of nitrogens with one attached hydrogen (secondary N) is 2. The molecule has 29 heavy (non-hydrogen) atoms. The van der Waals surface area contributed by atoms with E-state index < -0.39 is 22.0 Å². The fourth-order valence-electron chi connectivity index (χ4n) is 2.89. The molecule has 1 atom stereocenters. The lowest BCUT2D eigenvalue weighted by atomic mass is 10.0. The number of aromatic nitrogens is 2. The van der Waals surface area contributed by atoms with E-state index in [0.717, 1.165) is 17.3 Å². The van der Waals surface area contributed by atoms with Gasteiger partial charge in [0.1, 0.15) is 22.0 Å². The molecule has 0 aliphatic heterocycles. The average molecular weight is 433 g/mol. The minimum absolute atomic E-state index is 0.0171. The molecule has 3 rings (SSSR count). The van der Waals surface area contributed by atoms with Gasteiger partial charge in [-0.1, -0.05) is 45.9 Å². The van der Waals surface area contributed by atoms with Crippen LogP contribution in [0.15, 0.2) is 47.4 Å². The third kappa shape index (κ3) is 4.80. The minimum atomic E-state index is -3.96. The zero-order valence-electron chi connectivity index (χ0n) is 16.7. The van der Waals surface area contributed by atoms with Gasteiger partial charge in [0.05, 0.1) is 11.7 Å². The summed E-state index contributed by atoms with van der Waals surface area (Å²) in [6, 6.07) is 11.4. The van der Waals surface area contributed by atoms with Gasteiger partial charge in [0, 0.05) is 5.69 Å². The van der Waals surface area contributed by atoms with Crippen molar-refractivity contribution in [1.29, 1.82) is 0 Å². The summed E-state index contributed by atoms with van der Waals surface area (Å²) in [7, 11) is -3.96. The topological polar surface area (TPSA) is 101 Å². The number of amides is 1. The molecule has 2 N–H and O–H groups in total. The minimum Gasteiger partial charge on any atom is -0.325 e. The van der Waals surface area contributed by atoms with Crippen LogP contribution in [0.3, 0.4) is 0 Å². The Kier molecular flexibility index (Phi) is 6.30. The van der Waals surface area contributed by atoms with Crippen LogP contribution in [0.25, 0.3) is 11.0 Å². The van der Waals surface area contributed by atoms with Crippen LogP contribution >= 0.6 is 11.7 Å². The largest absolute Gasteiger partial charge is 0.325 e. The van der Waals surface area contributed by atoms with E-state index in [-0.39, 0.29) is 10.8 Å². The fraction of sp³-hybridized carbons (Fsp3) is 0.350. The number of fused-ring (bicyclic) bond motifs is 1. The summed E-state index contributed by atoms with van der Waals surface area (Å²) in [5.41, 5.74) is 2.59. The molecule has 2 aromatic carbocycles. The summed E-state index contributed by atoms with van der Waals surface area (Å²) in [6.07, 6.45) is 0. The van der Waals surface area contributed by atoms with Gasteiger partial charge >= 0.3 is 0 Å². The summed E-state index contributed by atoms with van der Waals surface area (Å²) in [4.78, 5) is 12.8. The molecular formula is C20H24N4O3S2. The van der Waals surface area contributed by atoms with Gasteiger partial charge in [-0.05, 0) is 41.7 Å². The molecule has 0 saturated carbocycles. The summed E-state index contributed by atoms with van der Waals surface area (Å²) < 4.78 is 36.7. The van der Waals surface area contributed by atoms with Crippen LogP contribution in [0.2, 0.25) is 0 Å². The quantitative estimate of drug-likeness (QED) is 0.592. The van der Waals surface area contributed by atoms with Crippen LogP contribution in [0.1, 0.15) is 39.2 Å². The Morgan fingerprint density at radius 1 is 1.00 bits per heavy atom. The van der Waals surface area contributed by atoms with Crippen molar-refractivity contribution < 1.29 is 13.2 Å². The number of benzene rings is 2. The monoisotopic (exact) mass is 432 g/mol. The van der Waals surface area contributed by atoms with Gasteiger partial charge in [0.2, 0.25) is 15.9 Å². The first-order valence-corrected chi connectivity index (χ1v) is 11.5. The number of nitrogens with zero attached hydrogens (tertiary/aromatic N) is 2. The van der Waals surface area contributed by atoms with Crippen LogP contribution in [0, 0.1) is 5.92 Å². The van der Waals surface area contributed by atoms with E-state index in [9.17, 15) is 13.2 Å². The van der Waals surface area contributed by atoms with Gasteiger partial charge in [-0.15, -0.1) is 0 Å². The highest BCUT2D eigenvalue weighted by Gasteiger charge is 2.30. The molecule has 1 heterocycles. The molecule has 1 amide bonds. The molecule has 0 aliphatic carbocycles. The number of anilines is 1. The van der Waals surface area contributed by atoms with Crippen molar-refractivity contribution in [3.05, 3.63) is 48.0 Å². The molecule has 0 unspecified atom stereocenters. The Bertz CT molecular complexity index is 1110. The first kappa shape index (κ1) is 21.4. The van der Waals surface area contributed by atoms with Crippen LogP contribution in [-0.2, 0) is 14.8 Å². The van der Waals surface area contributed by atoms with E-state index in [1.54, 1.807) is 26.0 Å². The van der Waals surface area contributed by atoms with Crippen molar-refractivity contribution in [3.63, 3.8) is 0 Å². The number of hydrogen-bond donors (Lipinski definition) is 2. The van der Waals surface area contributed by atoms with Gasteiger partial charge in [-0.2, -0.15) is 13.5 Å². The van der Waals surface area contributed by atoms with E-state index in [1.807, 2.05) is 24.3 Å². The van der Waals surface area contributed by atoms with Crippen LogP contribution in [-0.4, -0.2) is 29.1 Å². The van der Waals surface area contributed by atoms with Crippen molar-refractivity contribution in [2.45, 2.75) is 44.6 Å². The Morgan fingerprint density at radius 2 is 1.69 bits per heavy atom. The summed E-state index contributed by atoms with van der Waals surface area (Å²) in [5, 5.41) is 2.80. The predicted octanol–water partition coefficient (Wildman–Crippen LogP) is 3.76. The highest BCUT2D eigenvalue weighted by molar-refractivity contribution is 7.89. The van der Waals surface area contributed by atoms with Crippen LogP contribution < -0.4 is 10.0 Å². The lowest BCUT2D eigenvalue weighted by Gasteiger charge is -2.22. The Hall–Kier alpha value is -2.36. The third-order valence-electron chi connectivity index (χ3n) is 4.61. The first-order valence-electron chi connectivity index (χ1n) is 9.33. The molecule has 0 saturated heterocycles. The maximum Gasteiger partial charge on any atom is 0.243 e. The van der Waals surface area contributed by atoms with Crippen LogP contribution in [0.5, 0.6) is 0 Å². The van der Waals surface area contributed by atoms with E-state index in [1.165, 1.54) is 6.07 Å². The Morgan fingerprint density at radius 3 is 2.31 bits per heavy atom. The SMILES string of the molecule is CC(C)c1ccc(NC(=O)[C@@H](NS(=O)(=O)c2cccc3nsnc23)C(C)C)cc1. The summed E-state index contributed by atoms with van der Waals surface area (Å²) in [5.74, 6) is -0.283. The molecule has 0 radical (unpaired) electrons. The lowest BCUT2D eigenvalue weighted by Crippen LogP contribution is -2.47. The molecule has 7 nitrogen and oxygen atoms in total. The van der Waals surface area contributed by atoms with Gasteiger partial charge in [0.25, 0.3) is 0 Å². The molecule has 0 aliphatic rings. The Labute approximate surface area is 174 Å². The van der Waals surface area contributed by atoms with E-state index >= 15 is 0 Å². The molecule has 9 heteroatoms. The number of carbonyl (C=O) groups is 1. The fourth-order valence-corrected chi connectivity index (χ4v) is 5.00. The molecular weight excluding hydrogens is 408 g/mol. The third-order valence-corrected chi connectivity index (χ3v) is 6.63. The maximum atomic E-state index is 13.0. The highest BCUT2D eigenvalue weighted by atomic mass is 32.2. The van der Waals surface area contributed by atoms with Crippen LogP contribution in [0.4, 0.5) is 5.69 Å².